The van der Waals surface area contributed by atoms with E-state index in [2.05, 4.69) is 34.8 Å². The molecule has 0 bridgehead atoms. The average molecular weight is 272 g/mol. The Morgan fingerprint density at radius 3 is 2.79 bits per heavy atom. The maximum Gasteiger partial charge on any atom is 0.113 e. The lowest BCUT2D eigenvalue weighted by molar-refractivity contribution is 0.283. The van der Waals surface area contributed by atoms with Crippen molar-refractivity contribution in [3.8, 4) is 0 Å². The van der Waals surface area contributed by atoms with E-state index in [0.29, 0.717) is 0 Å². The molecule has 2 heterocycles. The van der Waals surface area contributed by atoms with Crippen LogP contribution in [-0.4, -0.2) is 14.7 Å². The highest BCUT2D eigenvalue weighted by Gasteiger charge is 2.09. The van der Waals surface area contributed by atoms with E-state index >= 15 is 0 Å². The monoisotopic (exact) mass is 272 g/mol. The molecule has 0 saturated heterocycles. The SMILES string of the molecule is Cc1nc(Cn2ccc3cccc(CO)c32)sc1C. The summed E-state index contributed by atoms with van der Waals surface area (Å²) in [6.07, 6.45) is 2.07. The van der Waals surface area contributed by atoms with E-state index in [9.17, 15) is 5.11 Å². The maximum absolute atomic E-state index is 9.47. The van der Waals surface area contributed by atoms with Crippen molar-refractivity contribution in [1.29, 1.82) is 0 Å². The first-order valence-corrected chi connectivity index (χ1v) is 7.11. The second kappa shape index (κ2) is 4.79. The van der Waals surface area contributed by atoms with Gasteiger partial charge in [-0.2, -0.15) is 0 Å². The van der Waals surface area contributed by atoms with E-state index in [0.717, 1.165) is 33.7 Å². The van der Waals surface area contributed by atoms with Crippen LogP contribution in [0.15, 0.2) is 30.5 Å². The molecule has 0 spiro atoms. The van der Waals surface area contributed by atoms with E-state index < -0.39 is 0 Å². The lowest BCUT2D eigenvalue weighted by Gasteiger charge is -2.06. The Morgan fingerprint density at radius 1 is 1.26 bits per heavy atom. The molecule has 0 aliphatic heterocycles. The minimum atomic E-state index is 0.0667. The zero-order chi connectivity index (χ0) is 13.4. The average Bonchev–Trinajstić information content (AvgIpc) is 2.94. The summed E-state index contributed by atoms with van der Waals surface area (Å²) < 4.78 is 2.17. The van der Waals surface area contributed by atoms with Crippen LogP contribution in [0.1, 0.15) is 21.1 Å². The fourth-order valence-electron chi connectivity index (χ4n) is 2.35. The number of thiazole rings is 1. The molecular weight excluding hydrogens is 256 g/mol. The Kier molecular flexibility index (Phi) is 3.12. The van der Waals surface area contributed by atoms with Crippen molar-refractivity contribution in [1.82, 2.24) is 9.55 Å². The highest BCUT2D eigenvalue weighted by Crippen LogP contribution is 2.23. The molecule has 0 atom stereocenters. The quantitative estimate of drug-likeness (QED) is 0.794. The molecular formula is C15H16N2OS. The van der Waals surface area contributed by atoms with Crippen molar-refractivity contribution in [3.63, 3.8) is 0 Å². The van der Waals surface area contributed by atoms with Gasteiger partial charge >= 0.3 is 0 Å². The molecule has 0 saturated carbocycles. The second-order valence-electron chi connectivity index (χ2n) is 4.71. The standard InChI is InChI=1S/C15H16N2OS/c1-10-11(2)19-14(16-10)8-17-7-6-12-4-3-5-13(9-18)15(12)17/h3-7,18H,8-9H2,1-2H3. The summed E-state index contributed by atoms with van der Waals surface area (Å²) in [5, 5.41) is 11.7. The molecule has 3 nitrogen and oxygen atoms in total. The predicted molar refractivity (Wildman–Crippen MR) is 78.6 cm³/mol. The van der Waals surface area contributed by atoms with Crippen molar-refractivity contribution in [2.45, 2.75) is 27.0 Å². The number of aliphatic hydroxyl groups is 1. The zero-order valence-corrected chi connectivity index (χ0v) is 11.9. The Labute approximate surface area is 116 Å². The topological polar surface area (TPSA) is 38.0 Å². The molecule has 0 unspecified atom stereocenters. The van der Waals surface area contributed by atoms with Gasteiger partial charge in [0, 0.05) is 16.6 Å². The largest absolute Gasteiger partial charge is 0.392 e. The van der Waals surface area contributed by atoms with Gasteiger partial charge in [0.25, 0.3) is 0 Å². The summed E-state index contributed by atoms with van der Waals surface area (Å²) in [5.41, 5.74) is 3.18. The van der Waals surface area contributed by atoms with Gasteiger partial charge in [-0.3, -0.25) is 0 Å². The minimum absolute atomic E-state index is 0.0667. The summed E-state index contributed by atoms with van der Waals surface area (Å²) in [5.74, 6) is 0. The summed E-state index contributed by atoms with van der Waals surface area (Å²) in [4.78, 5) is 5.85. The predicted octanol–water partition coefficient (Wildman–Crippen LogP) is 3.26. The molecule has 1 N–H and O–H groups in total. The van der Waals surface area contributed by atoms with Crippen LogP contribution < -0.4 is 0 Å². The summed E-state index contributed by atoms with van der Waals surface area (Å²) in [6.45, 7) is 4.98. The fourth-order valence-corrected chi connectivity index (χ4v) is 3.29. The number of rotatable bonds is 3. The molecule has 2 aromatic heterocycles. The van der Waals surface area contributed by atoms with E-state index in [1.54, 1.807) is 11.3 Å². The number of para-hydroxylation sites is 1. The number of aliphatic hydroxyl groups excluding tert-OH is 1. The van der Waals surface area contributed by atoms with E-state index in [4.69, 9.17) is 0 Å². The molecule has 4 heteroatoms. The Morgan fingerprint density at radius 2 is 2.11 bits per heavy atom. The molecule has 0 aliphatic carbocycles. The van der Waals surface area contributed by atoms with Crippen molar-refractivity contribution in [3.05, 3.63) is 51.6 Å². The van der Waals surface area contributed by atoms with Crippen molar-refractivity contribution in [2.75, 3.05) is 0 Å². The number of hydrogen-bond donors (Lipinski definition) is 1. The molecule has 98 valence electrons. The number of aromatic nitrogens is 2. The zero-order valence-electron chi connectivity index (χ0n) is 11.1. The van der Waals surface area contributed by atoms with Crippen LogP contribution in [0.4, 0.5) is 0 Å². The lowest BCUT2D eigenvalue weighted by atomic mass is 10.1. The summed E-state index contributed by atoms with van der Waals surface area (Å²) in [6, 6.07) is 8.11. The third-order valence-corrected chi connectivity index (χ3v) is 4.48. The normalized spacial score (nSPS) is 11.3. The molecule has 0 fully saturated rings. The second-order valence-corrected chi connectivity index (χ2v) is 5.99. The molecule has 3 aromatic rings. The van der Waals surface area contributed by atoms with Crippen molar-refractivity contribution >= 4 is 22.2 Å². The van der Waals surface area contributed by atoms with Gasteiger partial charge in [0.2, 0.25) is 0 Å². The third kappa shape index (κ3) is 2.17. The Bertz CT molecular complexity index is 707. The van der Waals surface area contributed by atoms with Gasteiger partial charge in [-0.1, -0.05) is 18.2 Å². The van der Waals surface area contributed by atoms with Gasteiger partial charge < -0.3 is 9.67 Å². The maximum atomic E-state index is 9.47. The summed E-state index contributed by atoms with van der Waals surface area (Å²) >= 11 is 1.74. The number of fused-ring (bicyclic) bond motifs is 1. The summed E-state index contributed by atoms with van der Waals surface area (Å²) in [7, 11) is 0. The first-order chi connectivity index (χ1) is 9.19. The van der Waals surface area contributed by atoms with Crippen LogP contribution in [-0.2, 0) is 13.2 Å². The molecule has 1 aromatic carbocycles. The molecule has 19 heavy (non-hydrogen) atoms. The van der Waals surface area contributed by atoms with Crippen molar-refractivity contribution in [2.24, 2.45) is 0 Å². The van der Waals surface area contributed by atoms with Crippen LogP contribution >= 0.6 is 11.3 Å². The number of benzene rings is 1. The third-order valence-electron chi connectivity index (χ3n) is 3.42. The molecule has 0 amide bonds. The number of aryl methyl sites for hydroxylation is 2. The van der Waals surface area contributed by atoms with E-state index in [1.165, 1.54) is 4.88 Å². The van der Waals surface area contributed by atoms with Crippen molar-refractivity contribution < 1.29 is 5.11 Å². The Balaban J connectivity index is 2.05. The first-order valence-electron chi connectivity index (χ1n) is 6.29. The van der Waals surface area contributed by atoms with Gasteiger partial charge in [-0.15, -0.1) is 11.3 Å². The molecule has 0 radical (unpaired) electrons. The van der Waals surface area contributed by atoms with Crippen LogP contribution in [0.5, 0.6) is 0 Å². The minimum Gasteiger partial charge on any atom is -0.392 e. The van der Waals surface area contributed by atoms with Gasteiger partial charge in [0.05, 0.1) is 24.4 Å². The Hall–Kier alpha value is -1.65. The van der Waals surface area contributed by atoms with E-state index in [-0.39, 0.29) is 6.61 Å². The van der Waals surface area contributed by atoms with Crippen LogP contribution in [0.2, 0.25) is 0 Å². The van der Waals surface area contributed by atoms with Crippen LogP contribution in [0.25, 0.3) is 10.9 Å². The smallest absolute Gasteiger partial charge is 0.113 e. The molecule has 0 aliphatic rings. The number of hydrogen-bond acceptors (Lipinski definition) is 3. The van der Waals surface area contributed by atoms with Crippen LogP contribution in [0, 0.1) is 13.8 Å². The van der Waals surface area contributed by atoms with Gasteiger partial charge in [-0.05, 0) is 25.3 Å². The highest BCUT2D eigenvalue weighted by molar-refractivity contribution is 7.11. The van der Waals surface area contributed by atoms with Crippen LogP contribution in [0.3, 0.4) is 0 Å². The molecule has 3 rings (SSSR count). The van der Waals surface area contributed by atoms with Gasteiger partial charge in [-0.25, -0.2) is 4.98 Å². The highest BCUT2D eigenvalue weighted by atomic mass is 32.1. The number of nitrogens with zero attached hydrogens (tertiary/aromatic N) is 2. The van der Waals surface area contributed by atoms with Gasteiger partial charge in [0.15, 0.2) is 0 Å². The van der Waals surface area contributed by atoms with Gasteiger partial charge in [0.1, 0.15) is 5.01 Å². The fraction of sp³-hybridized carbons (Fsp3) is 0.267. The first kappa shape index (κ1) is 12.4. The lowest BCUT2D eigenvalue weighted by Crippen LogP contribution is -2.00. The van der Waals surface area contributed by atoms with E-state index in [1.807, 2.05) is 19.1 Å².